The summed E-state index contributed by atoms with van der Waals surface area (Å²) in [5.74, 6) is 1.59. The summed E-state index contributed by atoms with van der Waals surface area (Å²) < 4.78 is 21.1. The number of nitrogens with one attached hydrogen (secondary N) is 1. The van der Waals surface area contributed by atoms with Gasteiger partial charge in [-0.3, -0.25) is 4.79 Å². The molecule has 0 spiro atoms. The second kappa shape index (κ2) is 9.68. The van der Waals surface area contributed by atoms with E-state index in [4.69, 9.17) is 24.2 Å². The Hall–Kier alpha value is -3.73. The van der Waals surface area contributed by atoms with Gasteiger partial charge in [-0.25, -0.2) is 5.43 Å². The highest BCUT2D eigenvalue weighted by Gasteiger charge is 2.10. The van der Waals surface area contributed by atoms with Crippen LogP contribution < -0.4 is 24.4 Å². The molecule has 1 amide bonds. The molecule has 0 aromatic heterocycles. The van der Waals surface area contributed by atoms with Crippen LogP contribution in [0.1, 0.15) is 11.1 Å². The first-order valence-corrected chi connectivity index (χ1v) is 7.86. The van der Waals surface area contributed by atoms with Crippen molar-refractivity contribution in [2.75, 3.05) is 27.9 Å². The minimum Gasteiger partial charge on any atom is -0.496 e. The number of amides is 1. The van der Waals surface area contributed by atoms with Crippen LogP contribution in [0.4, 0.5) is 0 Å². The van der Waals surface area contributed by atoms with Gasteiger partial charge in [-0.15, -0.1) is 0 Å². The first kappa shape index (κ1) is 19.6. The van der Waals surface area contributed by atoms with E-state index >= 15 is 0 Å². The number of hydrogen-bond donors (Lipinski definition) is 1. The molecule has 0 fully saturated rings. The molecule has 0 bridgehead atoms. The van der Waals surface area contributed by atoms with Crippen molar-refractivity contribution in [2.24, 2.45) is 5.10 Å². The second-order valence-corrected chi connectivity index (χ2v) is 5.17. The van der Waals surface area contributed by atoms with Gasteiger partial charge in [-0.05, 0) is 30.3 Å². The molecule has 27 heavy (non-hydrogen) atoms. The summed E-state index contributed by atoms with van der Waals surface area (Å²) in [6.45, 7) is -0.216. The van der Waals surface area contributed by atoms with E-state index in [2.05, 4.69) is 10.5 Å². The maximum atomic E-state index is 11.8. The molecular weight excluding hydrogens is 350 g/mol. The molecule has 1 N–H and O–H groups in total. The van der Waals surface area contributed by atoms with E-state index in [9.17, 15) is 4.79 Å². The van der Waals surface area contributed by atoms with Crippen molar-refractivity contribution < 1.29 is 23.7 Å². The fourth-order valence-electron chi connectivity index (χ4n) is 2.13. The van der Waals surface area contributed by atoms with Gasteiger partial charge in [0.05, 0.1) is 39.2 Å². The first-order chi connectivity index (χ1) is 13.1. The predicted octanol–water partition coefficient (Wildman–Crippen LogP) is 2.11. The summed E-state index contributed by atoms with van der Waals surface area (Å²) in [5.41, 5.74) is 3.48. The summed E-state index contributed by atoms with van der Waals surface area (Å²) in [6, 6.07) is 11.8. The minimum absolute atomic E-state index is 0.216. The Morgan fingerprint density at radius 3 is 2.30 bits per heavy atom. The normalized spacial score (nSPS) is 10.1. The number of nitriles is 1. The molecule has 0 aliphatic heterocycles. The highest BCUT2D eigenvalue weighted by Crippen LogP contribution is 2.33. The van der Waals surface area contributed by atoms with Gasteiger partial charge in [0.15, 0.2) is 18.1 Å². The fraction of sp³-hybridized carbons (Fsp3) is 0.211. The van der Waals surface area contributed by atoms with Crippen molar-refractivity contribution in [2.45, 2.75) is 0 Å². The molecule has 2 aromatic carbocycles. The van der Waals surface area contributed by atoms with E-state index in [0.29, 0.717) is 34.1 Å². The molecule has 0 heterocycles. The third-order valence-corrected chi connectivity index (χ3v) is 3.48. The molecule has 8 nitrogen and oxygen atoms in total. The lowest BCUT2D eigenvalue weighted by Gasteiger charge is -2.11. The maximum Gasteiger partial charge on any atom is 0.277 e. The summed E-state index contributed by atoms with van der Waals surface area (Å²) in [4.78, 5) is 11.8. The van der Waals surface area contributed by atoms with Gasteiger partial charge < -0.3 is 18.9 Å². The van der Waals surface area contributed by atoms with Gasteiger partial charge in [0.25, 0.3) is 5.91 Å². The average molecular weight is 369 g/mol. The topological polar surface area (TPSA) is 102 Å². The number of benzene rings is 2. The molecule has 140 valence electrons. The average Bonchev–Trinajstić information content (AvgIpc) is 2.72. The molecule has 0 atom stereocenters. The van der Waals surface area contributed by atoms with E-state index in [1.54, 1.807) is 36.4 Å². The van der Waals surface area contributed by atoms with Gasteiger partial charge in [0, 0.05) is 11.6 Å². The molecule has 0 aliphatic rings. The van der Waals surface area contributed by atoms with Gasteiger partial charge >= 0.3 is 0 Å². The molecule has 0 saturated carbocycles. The van der Waals surface area contributed by atoms with Crippen LogP contribution in [0, 0.1) is 11.3 Å². The van der Waals surface area contributed by atoms with Gasteiger partial charge in [-0.1, -0.05) is 0 Å². The van der Waals surface area contributed by atoms with E-state index < -0.39 is 5.91 Å². The minimum atomic E-state index is -0.435. The Morgan fingerprint density at radius 1 is 1.07 bits per heavy atom. The number of carbonyl (C=O) groups excluding carboxylic acids is 1. The van der Waals surface area contributed by atoms with E-state index in [1.165, 1.54) is 27.5 Å². The highest BCUT2D eigenvalue weighted by molar-refractivity contribution is 5.86. The maximum absolute atomic E-state index is 11.8. The Balaban J connectivity index is 1.95. The molecule has 0 aliphatic carbocycles. The molecule has 0 saturated heterocycles. The molecule has 8 heteroatoms. The molecule has 2 aromatic rings. The number of hydrogen-bond acceptors (Lipinski definition) is 7. The number of rotatable bonds is 8. The van der Waals surface area contributed by atoms with Crippen molar-refractivity contribution in [1.82, 2.24) is 5.43 Å². The van der Waals surface area contributed by atoms with Crippen LogP contribution in [0.25, 0.3) is 0 Å². The van der Waals surface area contributed by atoms with Gasteiger partial charge in [-0.2, -0.15) is 10.4 Å². The van der Waals surface area contributed by atoms with Crippen LogP contribution in [0.3, 0.4) is 0 Å². The van der Waals surface area contributed by atoms with Crippen molar-refractivity contribution in [1.29, 1.82) is 5.26 Å². The summed E-state index contributed by atoms with van der Waals surface area (Å²) in [6.07, 6.45) is 1.43. The molecule has 0 radical (unpaired) electrons. The third kappa shape index (κ3) is 5.37. The Morgan fingerprint density at radius 2 is 1.70 bits per heavy atom. The third-order valence-electron chi connectivity index (χ3n) is 3.48. The lowest BCUT2D eigenvalue weighted by atomic mass is 10.2. The number of hydrazone groups is 1. The standard InChI is InChI=1S/C19H19N3O5/c1-24-16-9-18(26-3)17(25-2)8-14(16)11-21-22-19(23)12-27-15-6-4-13(10-20)5-7-15/h4-9,11H,12H2,1-3H3,(H,22,23). The van der Waals surface area contributed by atoms with Crippen LogP contribution in [-0.2, 0) is 4.79 Å². The van der Waals surface area contributed by atoms with Crippen molar-refractivity contribution in [3.63, 3.8) is 0 Å². The van der Waals surface area contributed by atoms with E-state index in [1.807, 2.05) is 6.07 Å². The smallest absolute Gasteiger partial charge is 0.277 e. The number of nitrogens with zero attached hydrogens (tertiary/aromatic N) is 2. The van der Waals surface area contributed by atoms with Crippen LogP contribution in [0.15, 0.2) is 41.5 Å². The molecular formula is C19H19N3O5. The van der Waals surface area contributed by atoms with Crippen LogP contribution in [0.5, 0.6) is 23.0 Å². The van der Waals surface area contributed by atoms with E-state index in [-0.39, 0.29) is 6.61 Å². The lowest BCUT2D eigenvalue weighted by Crippen LogP contribution is -2.24. The highest BCUT2D eigenvalue weighted by atomic mass is 16.5. The monoisotopic (exact) mass is 369 g/mol. The van der Waals surface area contributed by atoms with Crippen molar-refractivity contribution in [3.8, 4) is 29.1 Å². The summed E-state index contributed by atoms with van der Waals surface area (Å²) in [5, 5.41) is 12.6. The zero-order chi connectivity index (χ0) is 19.6. The van der Waals surface area contributed by atoms with Crippen LogP contribution in [-0.4, -0.2) is 40.1 Å². The largest absolute Gasteiger partial charge is 0.496 e. The quantitative estimate of drug-likeness (QED) is 0.565. The number of methoxy groups -OCH3 is 3. The molecule has 0 unspecified atom stereocenters. The Kier molecular flexibility index (Phi) is 7.02. The molecule has 2 rings (SSSR count). The number of ether oxygens (including phenoxy) is 4. The van der Waals surface area contributed by atoms with Crippen molar-refractivity contribution >= 4 is 12.1 Å². The van der Waals surface area contributed by atoms with Crippen LogP contribution in [0.2, 0.25) is 0 Å². The summed E-state index contributed by atoms with van der Waals surface area (Å²) >= 11 is 0. The first-order valence-electron chi connectivity index (χ1n) is 7.86. The van der Waals surface area contributed by atoms with E-state index in [0.717, 1.165) is 0 Å². The van der Waals surface area contributed by atoms with Gasteiger partial charge in [0.1, 0.15) is 11.5 Å². The zero-order valence-corrected chi connectivity index (χ0v) is 15.2. The SMILES string of the molecule is COc1cc(OC)c(OC)cc1C=NNC(=O)COc1ccc(C#N)cc1. The van der Waals surface area contributed by atoms with Crippen molar-refractivity contribution in [3.05, 3.63) is 47.5 Å². The summed E-state index contributed by atoms with van der Waals surface area (Å²) in [7, 11) is 4.56. The van der Waals surface area contributed by atoms with Crippen LogP contribution >= 0.6 is 0 Å². The fourth-order valence-corrected chi connectivity index (χ4v) is 2.13. The second-order valence-electron chi connectivity index (χ2n) is 5.17. The Labute approximate surface area is 156 Å². The van der Waals surface area contributed by atoms with Gasteiger partial charge in [0.2, 0.25) is 0 Å². The number of carbonyl (C=O) groups is 1. The zero-order valence-electron chi connectivity index (χ0n) is 15.2. The predicted molar refractivity (Wildman–Crippen MR) is 98.5 cm³/mol. The Bertz CT molecular complexity index is 857. The lowest BCUT2D eigenvalue weighted by molar-refractivity contribution is -0.123.